The molecule has 0 saturated carbocycles. The Bertz CT molecular complexity index is 736. The first kappa shape index (κ1) is 17.0. The van der Waals surface area contributed by atoms with Gasteiger partial charge in [-0.2, -0.15) is 5.10 Å². The molecule has 2 amide bonds. The Balaban J connectivity index is 1.54. The quantitative estimate of drug-likeness (QED) is 0.863. The van der Waals surface area contributed by atoms with E-state index in [1.54, 1.807) is 13.0 Å². The van der Waals surface area contributed by atoms with E-state index in [-0.39, 0.29) is 17.5 Å². The first-order valence-electron chi connectivity index (χ1n) is 8.40. The van der Waals surface area contributed by atoms with Crippen molar-refractivity contribution in [2.24, 2.45) is 5.73 Å². The van der Waals surface area contributed by atoms with Gasteiger partial charge in [0.2, 0.25) is 0 Å². The van der Waals surface area contributed by atoms with Gasteiger partial charge in [0.05, 0.1) is 0 Å². The molecule has 1 fully saturated rings. The Morgan fingerprint density at radius 1 is 1.28 bits per heavy atom. The molecule has 2 aromatic rings. The Labute approximate surface area is 146 Å². The summed E-state index contributed by atoms with van der Waals surface area (Å²) in [6.07, 6.45) is 1.10. The van der Waals surface area contributed by atoms with Crippen molar-refractivity contribution in [2.45, 2.75) is 31.8 Å². The molecule has 0 radical (unpaired) electrons. The maximum atomic E-state index is 12.6. The number of carbonyl (C=O) groups is 2. The van der Waals surface area contributed by atoms with Crippen LogP contribution >= 0.6 is 0 Å². The predicted octanol–water partition coefficient (Wildman–Crippen LogP) is 1.68. The highest BCUT2D eigenvalue weighted by Crippen LogP contribution is 2.27. The molecule has 132 valence electrons. The number of amides is 2. The molecular weight excluding hydrogens is 320 g/mol. The van der Waals surface area contributed by atoms with Crippen LogP contribution in [0, 0.1) is 0 Å². The van der Waals surface area contributed by atoms with Gasteiger partial charge in [0.1, 0.15) is 11.4 Å². The highest BCUT2D eigenvalue weighted by atomic mass is 16.5. The number of rotatable bonds is 5. The van der Waals surface area contributed by atoms with Crippen molar-refractivity contribution in [3.05, 3.63) is 47.8 Å². The third-order valence-electron chi connectivity index (χ3n) is 4.50. The average molecular weight is 342 g/mol. The second kappa shape index (κ2) is 7.38. The topological polar surface area (TPSA) is 101 Å². The van der Waals surface area contributed by atoms with Gasteiger partial charge < -0.3 is 15.4 Å². The fourth-order valence-corrected chi connectivity index (χ4v) is 3.09. The minimum atomic E-state index is -0.540. The van der Waals surface area contributed by atoms with E-state index in [1.165, 1.54) is 0 Å². The Morgan fingerprint density at radius 3 is 2.56 bits per heavy atom. The van der Waals surface area contributed by atoms with Crippen LogP contribution in [0.4, 0.5) is 0 Å². The van der Waals surface area contributed by atoms with E-state index < -0.39 is 12.0 Å². The number of H-pyrrole nitrogens is 1. The van der Waals surface area contributed by atoms with Gasteiger partial charge in [-0.15, -0.1) is 0 Å². The minimum Gasteiger partial charge on any atom is -0.481 e. The number of para-hydroxylation sites is 1. The van der Waals surface area contributed by atoms with Gasteiger partial charge in [-0.1, -0.05) is 18.2 Å². The van der Waals surface area contributed by atoms with E-state index in [0.29, 0.717) is 18.8 Å². The number of nitrogens with two attached hydrogens (primary N) is 1. The summed E-state index contributed by atoms with van der Waals surface area (Å²) in [5.41, 5.74) is 6.37. The number of hydrogen-bond donors (Lipinski definition) is 2. The van der Waals surface area contributed by atoms with Gasteiger partial charge in [0.25, 0.3) is 11.8 Å². The van der Waals surface area contributed by atoms with E-state index in [9.17, 15) is 9.59 Å². The summed E-state index contributed by atoms with van der Waals surface area (Å²) in [4.78, 5) is 25.5. The van der Waals surface area contributed by atoms with Crippen molar-refractivity contribution in [1.29, 1.82) is 0 Å². The lowest BCUT2D eigenvalue weighted by molar-refractivity contribution is -0.139. The van der Waals surface area contributed by atoms with Crippen molar-refractivity contribution < 1.29 is 14.3 Å². The molecule has 1 atom stereocenters. The zero-order chi connectivity index (χ0) is 17.8. The van der Waals surface area contributed by atoms with Crippen LogP contribution in [0.2, 0.25) is 0 Å². The van der Waals surface area contributed by atoms with E-state index in [1.807, 2.05) is 35.2 Å². The van der Waals surface area contributed by atoms with Crippen LogP contribution in [-0.2, 0) is 4.79 Å². The first-order valence-corrected chi connectivity index (χ1v) is 8.40. The molecule has 0 bridgehead atoms. The van der Waals surface area contributed by atoms with Crippen molar-refractivity contribution in [2.75, 3.05) is 13.1 Å². The molecule has 25 heavy (non-hydrogen) atoms. The Hall–Kier alpha value is -2.83. The fraction of sp³-hybridized carbons (Fsp3) is 0.389. The van der Waals surface area contributed by atoms with Crippen molar-refractivity contribution >= 4 is 11.8 Å². The highest BCUT2D eigenvalue weighted by molar-refractivity contribution is 5.90. The standard InChI is InChI=1S/C18H22N4O3/c1-12(25-14-5-3-2-4-6-14)18(24)22-9-7-13(8-10-22)15-11-16(17(19)23)21-20-15/h2-6,11-13H,7-10H2,1H3,(H2,19,23)(H,20,21). The summed E-state index contributed by atoms with van der Waals surface area (Å²) < 4.78 is 5.71. The van der Waals surface area contributed by atoms with Crippen LogP contribution in [0.15, 0.2) is 36.4 Å². The zero-order valence-corrected chi connectivity index (χ0v) is 14.1. The van der Waals surface area contributed by atoms with Crippen LogP contribution in [0.3, 0.4) is 0 Å². The maximum absolute atomic E-state index is 12.6. The summed E-state index contributed by atoms with van der Waals surface area (Å²) in [6.45, 7) is 3.07. The molecule has 1 aromatic carbocycles. The molecule has 2 heterocycles. The number of likely N-dealkylation sites (tertiary alicyclic amines) is 1. The maximum Gasteiger partial charge on any atom is 0.269 e. The molecule has 0 aliphatic carbocycles. The smallest absolute Gasteiger partial charge is 0.269 e. The number of nitrogens with one attached hydrogen (secondary N) is 1. The van der Waals surface area contributed by atoms with Gasteiger partial charge in [0.15, 0.2) is 6.10 Å². The third kappa shape index (κ3) is 3.99. The lowest BCUT2D eigenvalue weighted by Crippen LogP contribution is -2.44. The summed E-state index contributed by atoms with van der Waals surface area (Å²) in [5.74, 6) is 0.386. The number of piperidine rings is 1. The number of primary amides is 1. The highest BCUT2D eigenvalue weighted by Gasteiger charge is 2.28. The third-order valence-corrected chi connectivity index (χ3v) is 4.50. The molecular formula is C18H22N4O3. The number of benzene rings is 1. The van der Waals surface area contributed by atoms with Crippen LogP contribution in [0.5, 0.6) is 5.75 Å². The van der Waals surface area contributed by atoms with Gasteiger partial charge >= 0.3 is 0 Å². The van der Waals surface area contributed by atoms with E-state index in [4.69, 9.17) is 10.5 Å². The SMILES string of the molecule is CC(Oc1ccccc1)C(=O)N1CCC(c2cc(C(N)=O)n[nH]2)CC1. The Morgan fingerprint density at radius 2 is 1.96 bits per heavy atom. The van der Waals surface area contributed by atoms with Gasteiger partial charge in [0, 0.05) is 24.7 Å². The average Bonchev–Trinajstić information content (AvgIpc) is 3.12. The molecule has 1 saturated heterocycles. The van der Waals surface area contributed by atoms with Crippen LogP contribution in [0.25, 0.3) is 0 Å². The normalized spacial score (nSPS) is 16.4. The minimum absolute atomic E-state index is 0.00950. The number of aromatic nitrogens is 2. The number of nitrogens with zero attached hydrogens (tertiary/aromatic N) is 2. The second-order valence-electron chi connectivity index (χ2n) is 6.25. The zero-order valence-electron chi connectivity index (χ0n) is 14.1. The summed E-state index contributed by atoms with van der Waals surface area (Å²) in [6, 6.07) is 11.0. The molecule has 1 unspecified atom stereocenters. The van der Waals surface area contributed by atoms with E-state index in [0.717, 1.165) is 18.5 Å². The van der Waals surface area contributed by atoms with E-state index in [2.05, 4.69) is 10.2 Å². The lowest BCUT2D eigenvalue weighted by atomic mass is 9.93. The molecule has 3 rings (SSSR count). The molecule has 1 aromatic heterocycles. The van der Waals surface area contributed by atoms with Crippen LogP contribution < -0.4 is 10.5 Å². The largest absolute Gasteiger partial charge is 0.481 e. The number of carbonyl (C=O) groups excluding carboxylic acids is 2. The number of aromatic amines is 1. The van der Waals surface area contributed by atoms with Gasteiger partial charge in [-0.25, -0.2) is 0 Å². The van der Waals surface area contributed by atoms with Crippen LogP contribution in [0.1, 0.15) is 41.9 Å². The monoisotopic (exact) mass is 342 g/mol. The van der Waals surface area contributed by atoms with Crippen LogP contribution in [-0.4, -0.2) is 46.1 Å². The molecule has 1 aliphatic rings. The number of ether oxygens (including phenoxy) is 1. The molecule has 7 heteroatoms. The summed E-state index contributed by atoms with van der Waals surface area (Å²) >= 11 is 0. The predicted molar refractivity (Wildman–Crippen MR) is 92.2 cm³/mol. The Kier molecular flexibility index (Phi) is 5.02. The fourth-order valence-electron chi connectivity index (χ4n) is 3.09. The molecule has 1 aliphatic heterocycles. The van der Waals surface area contributed by atoms with Gasteiger partial charge in [-0.3, -0.25) is 14.7 Å². The molecule has 0 spiro atoms. The summed E-state index contributed by atoms with van der Waals surface area (Å²) in [7, 11) is 0. The van der Waals surface area contributed by atoms with Crippen molar-refractivity contribution in [1.82, 2.24) is 15.1 Å². The summed E-state index contributed by atoms with van der Waals surface area (Å²) in [5, 5.41) is 6.80. The lowest BCUT2D eigenvalue weighted by Gasteiger charge is -2.33. The molecule has 7 nitrogen and oxygen atoms in total. The first-order chi connectivity index (χ1) is 12.0. The van der Waals surface area contributed by atoms with Gasteiger partial charge in [-0.05, 0) is 38.0 Å². The van der Waals surface area contributed by atoms with Crippen molar-refractivity contribution in [3.8, 4) is 5.75 Å². The molecule has 3 N–H and O–H groups in total. The second-order valence-corrected chi connectivity index (χ2v) is 6.25. The van der Waals surface area contributed by atoms with E-state index >= 15 is 0 Å². The van der Waals surface area contributed by atoms with Crippen molar-refractivity contribution in [3.63, 3.8) is 0 Å². The number of hydrogen-bond acceptors (Lipinski definition) is 4.